The molecule has 0 aromatic carbocycles. The molecule has 11 heavy (non-hydrogen) atoms. The summed E-state index contributed by atoms with van der Waals surface area (Å²) < 4.78 is 0. The van der Waals surface area contributed by atoms with Crippen molar-refractivity contribution >= 4 is 6.08 Å². The predicted molar refractivity (Wildman–Crippen MR) is 48.1 cm³/mol. The smallest absolute Gasteiger partial charge is 0.0410 e. The van der Waals surface area contributed by atoms with Gasteiger partial charge in [-0.2, -0.15) is 0 Å². The summed E-state index contributed by atoms with van der Waals surface area (Å²) >= 11 is 0. The first-order valence-electron chi connectivity index (χ1n) is 3.79. The number of nitrogens with two attached hydrogens (primary N) is 1. The Bertz CT molecular complexity index is 259. The normalized spacial score (nSPS) is 11.2. The van der Waals surface area contributed by atoms with Crippen LogP contribution in [0, 0.1) is 6.92 Å². The van der Waals surface area contributed by atoms with Crippen molar-refractivity contribution in [3.63, 3.8) is 0 Å². The summed E-state index contributed by atoms with van der Waals surface area (Å²) in [6.07, 6.45) is 6.03. The minimum absolute atomic E-state index is 0.611. The minimum Gasteiger partial charge on any atom is -0.361 e. The van der Waals surface area contributed by atoms with Crippen molar-refractivity contribution in [3.8, 4) is 0 Å². The zero-order valence-corrected chi connectivity index (χ0v) is 7.02. The topological polar surface area (TPSA) is 41.8 Å². The third-order valence-electron chi connectivity index (χ3n) is 1.84. The Morgan fingerprint density at radius 1 is 1.64 bits per heavy atom. The van der Waals surface area contributed by atoms with Gasteiger partial charge in [-0.15, -0.1) is 0 Å². The van der Waals surface area contributed by atoms with Crippen molar-refractivity contribution < 1.29 is 0 Å². The minimum atomic E-state index is 0.611. The average Bonchev–Trinajstić information content (AvgIpc) is 2.34. The van der Waals surface area contributed by atoms with Crippen molar-refractivity contribution in [1.29, 1.82) is 0 Å². The summed E-state index contributed by atoms with van der Waals surface area (Å²) in [5, 5.41) is 0. The Kier molecular flexibility index (Phi) is 2.49. The molecule has 1 aromatic heterocycles. The SMILES string of the molecule is C/C=C\c1[nH]cc(CN)c1C. The molecule has 0 amide bonds. The molecular weight excluding hydrogens is 136 g/mol. The molecule has 3 N–H and O–H groups in total. The Balaban J connectivity index is 3.00. The molecule has 0 radical (unpaired) electrons. The number of rotatable bonds is 2. The highest BCUT2D eigenvalue weighted by Gasteiger charge is 2.00. The van der Waals surface area contributed by atoms with Gasteiger partial charge in [0.15, 0.2) is 0 Å². The van der Waals surface area contributed by atoms with E-state index in [0.29, 0.717) is 6.54 Å². The van der Waals surface area contributed by atoms with Gasteiger partial charge >= 0.3 is 0 Å². The number of allylic oxidation sites excluding steroid dienone is 1. The third-order valence-corrected chi connectivity index (χ3v) is 1.84. The van der Waals surface area contributed by atoms with Crippen molar-refractivity contribution in [1.82, 2.24) is 4.98 Å². The van der Waals surface area contributed by atoms with E-state index >= 15 is 0 Å². The van der Waals surface area contributed by atoms with E-state index in [1.165, 1.54) is 11.1 Å². The lowest BCUT2D eigenvalue weighted by Gasteiger charge is -1.93. The van der Waals surface area contributed by atoms with Gasteiger partial charge in [-0.25, -0.2) is 0 Å². The molecular formula is C9H14N2. The van der Waals surface area contributed by atoms with Crippen molar-refractivity contribution in [2.45, 2.75) is 20.4 Å². The maximum atomic E-state index is 5.52. The number of H-pyrrole nitrogens is 1. The summed E-state index contributed by atoms with van der Waals surface area (Å²) in [5.74, 6) is 0. The fourth-order valence-corrected chi connectivity index (χ4v) is 1.11. The van der Waals surface area contributed by atoms with Crippen LogP contribution in [0.2, 0.25) is 0 Å². The van der Waals surface area contributed by atoms with Gasteiger partial charge in [0, 0.05) is 18.4 Å². The van der Waals surface area contributed by atoms with E-state index < -0.39 is 0 Å². The maximum Gasteiger partial charge on any atom is 0.0410 e. The fraction of sp³-hybridized carbons (Fsp3) is 0.333. The molecule has 2 nitrogen and oxygen atoms in total. The number of nitrogens with one attached hydrogen (secondary N) is 1. The van der Waals surface area contributed by atoms with E-state index in [0.717, 1.165) is 5.69 Å². The standard InChI is InChI=1S/C9H14N2/c1-3-4-9-7(2)8(5-10)6-11-9/h3-4,6,11H,5,10H2,1-2H3/b4-3-. The lowest BCUT2D eigenvalue weighted by atomic mass is 10.1. The lowest BCUT2D eigenvalue weighted by Crippen LogP contribution is -1.95. The zero-order chi connectivity index (χ0) is 8.27. The first-order chi connectivity index (χ1) is 5.29. The fourth-order valence-electron chi connectivity index (χ4n) is 1.11. The summed E-state index contributed by atoms with van der Waals surface area (Å²) in [6.45, 7) is 4.69. The molecule has 0 fully saturated rings. The first kappa shape index (κ1) is 8.08. The van der Waals surface area contributed by atoms with E-state index in [1.54, 1.807) is 0 Å². The quantitative estimate of drug-likeness (QED) is 0.663. The number of aromatic nitrogens is 1. The highest BCUT2D eigenvalue weighted by molar-refractivity contribution is 5.51. The molecule has 0 atom stereocenters. The Morgan fingerprint density at radius 3 is 2.82 bits per heavy atom. The summed E-state index contributed by atoms with van der Waals surface area (Å²) in [4.78, 5) is 3.16. The van der Waals surface area contributed by atoms with Gasteiger partial charge in [0.1, 0.15) is 0 Å². The summed E-state index contributed by atoms with van der Waals surface area (Å²) in [6, 6.07) is 0. The number of hydrogen-bond acceptors (Lipinski definition) is 1. The molecule has 60 valence electrons. The highest BCUT2D eigenvalue weighted by atomic mass is 14.7. The molecule has 1 heterocycles. The largest absolute Gasteiger partial charge is 0.361 e. The average molecular weight is 150 g/mol. The van der Waals surface area contributed by atoms with Crippen LogP contribution in [0.25, 0.3) is 6.08 Å². The van der Waals surface area contributed by atoms with Gasteiger partial charge in [-0.3, -0.25) is 0 Å². The second-order valence-electron chi connectivity index (χ2n) is 2.56. The molecule has 0 unspecified atom stereocenters. The van der Waals surface area contributed by atoms with Crippen LogP contribution in [0.5, 0.6) is 0 Å². The van der Waals surface area contributed by atoms with Crippen molar-refractivity contribution in [2.24, 2.45) is 5.73 Å². The first-order valence-corrected chi connectivity index (χ1v) is 3.79. The molecule has 0 bridgehead atoms. The van der Waals surface area contributed by atoms with Crippen molar-refractivity contribution in [2.75, 3.05) is 0 Å². The lowest BCUT2D eigenvalue weighted by molar-refractivity contribution is 1.06. The van der Waals surface area contributed by atoms with Crippen LogP contribution in [0.3, 0.4) is 0 Å². The zero-order valence-electron chi connectivity index (χ0n) is 7.02. The maximum absolute atomic E-state index is 5.52. The van der Waals surface area contributed by atoms with Crippen LogP contribution in [0.1, 0.15) is 23.7 Å². The number of aromatic amines is 1. The van der Waals surface area contributed by atoms with E-state index in [1.807, 2.05) is 19.2 Å². The Hall–Kier alpha value is -1.02. The Labute approximate surface area is 67.1 Å². The van der Waals surface area contributed by atoms with Gasteiger partial charge < -0.3 is 10.7 Å². The molecule has 0 aliphatic carbocycles. The van der Waals surface area contributed by atoms with Crippen LogP contribution < -0.4 is 5.73 Å². The monoisotopic (exact) mass is 150 g/mol. The molecule has 0 aliphatic heterocycles. The molecule has 2 heteroatoms. The summed E-state index contributed by atoms with van der Waals surface area (Å²) in [5.41, 5.74) is 9.12. The van der Waals surface area contributed by atoms with Crippen LogP contribution in [-0.2, 0) is 6.54 Å². The van der Waals surface area contributed by atoms with Gasteiger partial charge in [-0.1, -0.05) is 6.08 Å². The molecule has 1 aromatic rings. The molecule has 0 spiro atoms. The highest BCUT2D eigenvalue weighted by Crippen LogP contribution is 2.12. The summed E-state index contributed by atoms with van der Waals surface area (Å²) in [7, 11) is 0. The van der Waals surface area contributed by atoms with Gasteiger partial charge in [0.05, 0.1) is 0 Å². The second kappa shape index (κ2) is 3.39. The number of hydrogen-bond donors (Lipinski definition) is 2. The third kappa shape index (κ3) is 1.52. The van der Waals surface area contributed by atoms with E-state index in [2.05, 4.69) is 18.0 Å². The van der Waals surface area contributed by atoms with E-state index in [4.69, 9.17) is 5.73 Å². The van der Waals surface area contributed by atoms with Crippen LogP contribution >= 0.6 is 0 Å². The van der Waals surface area contributed by atoms with Gasteiger partial charge in [-0.05, 0) is 31.1 Å². The van der Waals surface area contributed by atoms with Crippen molar-refractivity contribution in [3.05, 3.63) is 29.1 Å². The molecule has 0 aliphatic rings. The van der Waals surface area contributed by atoms with Crippen LogP contribution in [0.15, 0.2) is 12.3 Å². The molecule has 0 saturated carbocycles. The van der Waals surface area contributed by atoms with E-state index in [-0.39, 0.29) is 0 Å². The van der Waals surface area contributed by atoms with Crippen LogP contribution in [0.4, 0.5) is 0 Å². The molecule has 1 rings (SSSR count). The molecule has 0 saturated heterocycles. The van der Waals surface area contributed by atoms with Gasteiger partial charge in [0.25, 0.3) is 0 Å². The second-order valence-corrected chi connectivity index (χ2v) is 2.56. The van der Waals surface area contributed by atoms with E-state index in [9.17, 15) is 0 Å². The van der Waals surface area contributed by atoms with Gasteiger partial charge in [0.2, 0.25) is 0 Å². The Morgan fingerprint density at radius 2 is 2.36 bits per heavy atom. The predicted octanol–water partition coefficient (Wildman–Crippen LogP) is 1.81. The van der Waals surface area contributed by atoms with Crippen LogP contribution in [-0.4, -0.2) is 4.98 Å².